The average molecular weight is 182 g/mol. The molecular formula is C10H15FN2. The molecule has 1 fully saturated rings. The molecule has 2 atom stereocenters. The van der Waals surface area contributed by atoms with Crippen molar-refractivity contribution < 1.29 is 4.39 Å². The molecule has 1 aliphatic rings. The second kappa shape index (κ2) is 3.48. The summed E-state index contributed by atoms with van der Waals surface area (Å²) in [5, 5.41) is 0. The van der Waals surface area contributed by atoms with Gasteiger partial charge in [0.2, 0.25) is 0 Å². The van der Waals surface area contributed by atoms with Gasteiger partial charge >= 0.3 is 0 Å². The molecule has 1 aliphatic carbocycles. The molecule has 3 heteroatoms. The van der Waals surface area contributed by atoms with E-state index in [9.17, 15) is 4.39 Å². The maximum Gasteiger partial charge on any atom is 0.121 e. The van der Waals surface area contributed by atoms with Crippen molar-refractivity contribution in [1.29, 1.82) is 0 Å². The smallest absolute Gasteiger partial charge is 0.121 e. The Kier molecular flexibility index (Phi) is 2.34. The molecule has 0 spiro atoms. The van der Waals surface area contributed by atoms with Crippen LogP contribution >= 0.6 is 0 Å². The van der Waals surface area contributed by atoms with Gasteiger partial charge in [0.1, 0.15) is 12.0 Å². The van der Waals surface area contributed by atoms with Gasteiger partial charge in [-0.25, -0.2) is 9.37 Å². The first kappa shape index (κ1) is 8.73. The second-order valence-corrected chi connectivity index (χ2v) is 3.62. The van der Waals surface area contributed by atoms with Gasteiger partial charge in [-0.15, -0.1) is 0 Å². The molecule has 13 heavy (non-hydrogen) atoms. The second-order valence-electron chi connectivity index (χ2n) is 3.62. The largest absolute Gasteiger partial charge is 0.329 e. The van der Waals surface area contributed by atoms with E-state index in [1.54, 1.807) is 6.20 Å². The fourth-order valence-electron chi connectivity index (χ4n) is 2.13. The van der Waals surface area contributed by atoms with Gasteiger partial charge in [0.25, 0.3) is 0 Å². The highest BCUT2D eigenvalue weighted by Crippen LogP contribution is 2.33. The van der Waals surface area contributed by atoms with Crippen LogP contribution < -0.4 is 0 Å². The molecule has 0 saturated heterocycles. The molecule has 1 aromatic heterocycles. The molecule has 0 aliphatic heterocycles. The van der Waals surface area contributed by atoms with Crippen LogP contribution in [-0.2, 0) is 6.42 Å². The van der Waals surface area contributed by atoms with Crippen LogP contribution in [0.3, 0.4) is 0 Å². The first-order valence-electron chi connectivity index (χ1n) is 4.98. The number of rotatable bonds is 2. The van der Waals surface area contributed by atoms with E-state index in [-0.39, 0.29) is 6.04 Å². The van der Waals surface area contributed by atoms with Gasteiger partial charge in [-0.05, 0) is 19.3 Å². The number of imidazole rings is 1. The predicted molar refractivity (Wildman–Crippen MR) is 49.4 cm³/mol. The lowest BCUT2D eigenvalue weighted by Crippen LogP contribution is -2.16. The van der Waals surface area contributed by atoms with E-state index in [0.29, 0.717) is 6.42 Å². The molecule has 0 amide bonds. The quantitative estimate of drug-likeness (QED) is 0.687. The summed E-state index contributed by atoms with van der Waals surface area (Å²) in [7, 11) is 0. The lowest BCUT2D eigenvalue weighted by Gasteiger charge is -2.16. The Morgan fingerprint density at radius 3 is 3.08 bits per heavy atom. The number of nitrogens with zero attached hydrogens (tertiary/aromatic N) is 2. The zero-order valence-corrected chi connectivity index (χ0v) is 7.91. The molecule has 0 aromatic carbocycles. The first-order valence-corrected chi connectivity index (χ1v) is 4.98. The molecule has 0 unspecified atom stereocenters. The van der Waals surface area contributed by atoms with E-state index >= 15 is 0 Å². The van der Waals surface area contributed by atoms with E-state index in [0.717, 1.165) is 25.1 Å². The van der Waals surface area contributed by atoms with Gasteiger partial charge < -0.3 is 4.57 Å². The Hall–Kier alpha value is -0.860. The Balaban J connectivity index is 2.23. The highest BCUT2D eigenvalue weighted by Gasteiger charge is 2.29. The zero-order valence-electron chi connectivity index (χ0n) is 7.91. The fraction of sp³-hybridized carbons (Fsp3) is 0.700. The monoisotopic (exact) mass is 182 g/mol. The van der Waals surface area contributed by atoms with Crippen molar-refractivity contribution in [2.24, 2.45) is 0 Å². The molecule has 1 saturated carbocycles. The molecule has 72 valence electrons. The topological polar surface area (TPSA) is 17.8 Å². The zero-order chi connectivity index (χ0) is 9.26. The van der Waals surface area contributed by atoms with Crippen LogP contribution in [0.2, 0.25) is 0 Å². The third-order valence-electron chi connectivity index (χ3n) is 2.82. The van der Waals surface area contributed by atoms with E-state index in [1.807, 2.05) is 10.8 Å². The maximum atomic E-state index is 13.4. The van der Waals surface area contributed by atoms with Gasteiger partial charge in [0.15, 0.2) is 0 Å². The Morgan fingerprint density at radius 1 is 1.62 bits per heavy atom. The van der Waals surface area contributed by atoms with Crippen molar-refractivity contribution in [3.8, 4) is 0 Å². The highest BCUT2D eigenvalue weighted by atomic mass is 19.1. The number of alkyl halides is 1. The van der Waals surface area contributed by atoms with E-state index in [1.165, 1.54) is 0 Å². The molecule has 0 bridgehead atoms. The molecule has 1 aromatic rings. The third kappa shape index (κ3) is 1.47. The minimum Gasteiger partial charge on any atom is -0.329 e. The van der Waals surface area contributed by atoms with E-state index < -0.39 is 6.17 Å². The molecular weight excluding hydrogens is 167 g/mol. The lowest BCUT2D eigenvalue weighted by atomic mass is 10.2. The Morgan fingerprint density at radius 2 is 2.46 bits per heavy atom. The SMILES string of the molecule is CCc1nccn1[C@@H]1CCC[C@H]1F. The van der Waals surface area contributed by atoms with Crippen LogP contribution in [0, 0.1) is 0 Å². The van der Waals surface area contributed by atoms with Crippen LogP contribution in [0.15, 0.2) is 12.4 Å². The van der Waals surface area contributed by atoms with E-state index in [2.05, 4.69) is 11.9 Å². The molecule has 2 rings (SSSR count). The maximum absolute atomic E-state index is 13.4. The van der Waals surface area contributed by atoms with Gasteiger partial charge in [0, 0.05) is 18.8 Å². The van der Waals surface area contributed by atoms with E-state index in [4.69, 9.17) is 0 Å². The summed E-state index contributed by atoms with van der Waals surface area (Å²) in [6, 6.07) is 0.0532. The summed E-state index contributed by atoms with van der Waals surface area (Å²) < 4.78 is 15.4. The van der Waals surface area contributed by atoms with Crippen LogP contribution in [0.1, 0.15) is 38.1 Å². The van der Waals surface area contributed by atoms with Crippen molar-refractivity contribution >= 4 is 0 Å². The fourth-order valence-corrected chi connectivity index (χ4v) is 2.13. The lowest BCUT2D eigenvalue weighted by molar-refractivity contribution is 0.260. The summed E-state index contributed by atoms with van der Waals surface area (Å²) in [6.45, 7) is 2.06. The van der Waals surface area contributed by atoms with Gasteiger partial charge in [-0.1, -0.05) is 6.92 Å². The van der Waals surface area contributed by atoms with Crippen molar-refractivity contribution in [1.82, 2.24) is 9.55 Å². The number of hydrogen-bond donors (Lipinski definition) is 0. The predicted octanol–water partition coefficient (Wildman–Crippen LogP) is 2.51. The first-order chi connectivity index (χ1) is 6.33. The van der Waals surface area contributed by atoms with Crippen LogP contribution in [0.4, 0.5) is 4.39 Å². The number of aryl methyl sites for hydroxylation is 1. The Labute approximate surface area is 77.8 Å². The molecule has 1 heterocycles. The summed E-state index contributed by atoms with van der Waals surface area (Å²) in [4.78, 5) is 4.21. The highest BCUT2D eigenvalue weighted by molar-refractivity contribution is 4.98. The van der Waals surface area contributed by atoms with Crippen LogP contribution in [-0.4, -0.2) is 15.7 Å². The minimum atomic E-state index is -0.667. The summed E-state index contributed by atoms with van der Waals surface area (Å²) in [5.41, 5.74) is 0. The summed E-state index contributed by atoms with van der Waals surface area (Å²) in [5.74, 6) is 1.01. The molecule has 2 nitrogen and oxygen atoms in total. The van der Waals surface area contributed by atoms with Crippen LogP contribution in [0.5, 0.6) is 0 Å². The average Bonchev–Trinajstić information content (AvgIpc) is 2.71. The Bertz CT molecular complexity index is 282. The van der Waals surface area contributed by atoms with Crippen molar-refractivity contribution in [3.63, 3.8) is 0 Å². The summed E-state index contributed by atoms with van der Waals surface area (Å²) in [6.07, 6.45) is 6.57. The number of aromatic nitrogens is 2. The van der Waals surface area contributed by atoms with Gasteiger partial charge in [-0.3, -0.25) is 0 Å². The van der Waals surface area contributed by atoms with Crippen molar-refractivity contribution in [2.45, 2.75) is 44.8 Å². The summed E-state index contributed by atoms with van der Waals surface area (Å²) >= 11 is 0. The third-order valence-corrected chi connectivity index (χ3v) is 2.82. The van der Waals surface area contributed by atoms with Gasteiger partial charge in [-0.2, -0.15) is 0 Å². The van der Waals surface area contributed by atoms with Crippen LogP contribution in [0.25, 0.3) is 0 Å². The van der Waals surface area contributed by atoms with Crippen molar-refractivity contribution in [3.05, 3.63) is 18.2 Å². The molecule has 0 radical (unpaired) electrons. The van der Waals surface area contributed by atoms with Crippen molar-refractivity contribution in [2.75, 3.05) is 0 Å². The normalized spacial score (nSPS) is 28.2. The molecule has 0 N–H and O–H groups in total. The minimum absolute atomic E-state index is 0.0532. The number of hydrogen-bond acceptors (Lipinski definition) is 1. The standard InChI is InChI=1S/C10H15FN2/c1-2-10-12-6-7-13(10)9-5-3-4-8(9)11/h6-9H,2-5H2,1H3/t8-,9-/m1/s1. The van der Waals surface area contributed by atoms with Gasteiger partial charge in [0.05, 0.1) is 6.04 Å². The number of halogens is 1.